The van der Waals surface area contributed by atoms with E-state index in [1.807, 2.05) is 36.8 Å². The molecule has 3 aromatic rings. The van der Waals surface area contributed by atoms with E-state index < -0.39 is 6.10 Å². The number of aliphatic hydroxyl groups is 1. The second kappa shape index (κ2) is 8.32. The van der Waals surface area contributed by atoms with Crippen LogP contribution in [0.3, 0.4) is 0 Å². The first-order valence-corrected chi connectivity index (χ1v) is 10.6. The minimum atomic E-state index is -0.486. The van der Waals surface area contributed by atoms with E-state index in [1.165, 1.54) is 0 Å². The summed E-state index contributed by atoms with van der Waals surface area (Å²) in [7, 11) is 0. The number of aliphatic hydroxyl groups excluding tert-OH is 1. The van der Waals surface area contributed by atoms with Crippen LogP contribution in [0.1, 0.15) is 59.5 Å². The summed E-state index contributed by atoms with van der Waals surface area (Å²) in [4.78, 5) is 26.0. The van der Waals surface area contributed by atoms with Crippen LogP contribution in [-0.2, 0) is 6.42 Å². The number of carbonyl (C=O) groups is 1. The molecule has 4 rings (SSSR count). The van der Waals surface area contributed by atoms with Gasteiger partial charge in [-0.1, -0.05) is 19.3 Å². The summed E-state index contributed by atoms with van der Waals surface area (Å²) in [5.41, 5.74) is 3.25. The lowest BCUT2D eigenvalue weighted by Gasteiger charge is -2.21. The van der Waals surface area contributed by atoms with Gasteiger partial charge in [-0.15, -0.1) is 11.3 Å². The molecule has 3 aromatic heterocycles. The first kappa shape index (κ1) is 19.0. The highest BCUT2D eigenvalue weighted by molar-refractivity contribution is 7.17. The molecule has 0 bridgehead atoms. The van der Waals surface area contributed by atoms with Crippen molar-refractivity contribution < 1.29 is 9.90 Å². The molecule has 2 N–H and O–H groups in total. The monoisotopic (exact) mass is 396 g/mol. The number of nitrogens with zero attached hydrogens (tertiary/aromatic N) is 3. The fraction of sp³-hybridized carbons (Fsp3) is 0.429. The van der Waals surface area contributed by atoms with Crippen LogP contribution in [-0.4, -0.2) is 38.1 Å². The van der Waals surface area contributed by atoms with E-state index in [2.05, 4.69) is 20.3 Å². The number of hydrogen-bond donors (Lipinski definition) is 2. The fourth-order valence-electron chi connectivity index (χ4n) is 3.70. The van der Waals surface area contributed by atoms with Crippen molar-refractivity contribution >= 4 is 27.5 Å². The van der Waals surface area contributed by atoms with Gasteiger partial charge in [-0.25, -0.2) is 15.0 Å². The van der Waals surface area contributed by atoms with Crippen molar-refractivity contribution in [1.29, 1.82) is 0 Å². The summed E-state index contributed by atoms with van der Waals surface area (Å²) in [5, 5.41) is 15.3. The van der Waals surface area contributed by atoms with E-state index in [4.69, 9.17) is 0 Å². The van der Waals surface area contributed by atoms with Gasteiger partial charge in [0.05, 0.1) is 22.4 Å². The van der Waals surface area contributed by atoms with Crippen molar-refractivity contribution in [2.24, 2.45) is 0 Å². The number of carbonyl (C=O) groups excluding carboxylic acids is 1. The average Bonchev–Trinajstić information content (AvgIpc) is 3.08. The zero-order valence-electron chi connectivity index (χ0n) is 15.9. The molecule has 0 spiro atoms. The Morgan fingerprint density at radius 2 is 2.04 bits per heavy atom. The molecule has 0 radical (unpaired) electrons. The Bertz CT molecular complexity index is 970. The van der Waals surface area contributed by atoms with Crippen molar-refractivity contribution in [1.82, 2.24) is 20.3 Å². The third-order valence-electron chi connectivity index (χ3n) is 5.25. The molecule has 1 saturated carbocycles. The zero-order valence-corrected chi connectivity index (χ0v) is 16.7. The number of thiophene rings is 1. The summed E-state index contributed by atoms with van der Waals surface area (Å²) >= 11 is 1.62. The predicted octanol–water partition coefficient (Wildman–Crippen LogP) is 3.41. The SMILES string of the molecule is Cc1ncc(Cc2cc(C(=O)N[C@@H]3CCCCC[C@H]3O)nc3ccsc23)cn1. The Labute approximate surface area is 168 Å². The van der Waals surface area contributed by atoms with E-state index in [0.717, 1.165) is 59.3 Å². The number of amides is 1. The van der Waals surface area contributed by atoms with Gasteiger partial charge in [0.1, 0.15) is 11.5 Å². The van der Waals surface area contributed by atoms with Crippen LogP contribution in [0.4, 0.5) is 0 Å². The first-order chi connectivity index (χ1) is 13.6. The van der Waals surface area contributed by atoms with Gasteiger partial charge in [0.25, 0.3) is 5.91 Å². The molecule has 7 heteroatoms. The quantitative estimate of drug-likeness (QED) is 0.660. The smallest absolute Gasteiger partial charge is 0.270 e. The van der Waals surface area contributed by atoms with Gasteiger partial charge in [0.15, 0.2) is 0 Å². The fourth-order valence-corrected chi connectivity index (χ4v) is 4.55. The van der Waals surface area contributed by atoms with Crippen LogP contribution in [0.25, 0.3) is 10.2 Å². The normalized spacial score (nSPS) is 20.1. The van der Waals surface area contributed by atoms with Crippen molar-refractivity contribution in [3.05, 3.63) is 52.6 Å². The molecule has 28 heavy (non-hydrogen) atoms. The first-order valence-electron chi connectivity index (χ1n) is 9.74. The van der Waals surface area contributed by atoms with Crippen LogP contribution in [0.2, 0.25) is 0 Å². The van der Waals surface area contributed by atoms with Crippen LogP contribution < -0.4 is 5.32 Å². The lowest BCUT2D eigenvalue weighted by atomic mass is 10.0. The predicted molar refractivity (Wildman–Crippen MR) is 110 cm³/mol. The van der Waals surface area contributed by atoms with Gasteiger partial charge >= 0.3 is 0 Å². The molecule has 2 atom stereocenters. The van der Waals surface area contributed by atoms with E-state index >= 15 is 0 Å². The van der Waals surface area contributed by atoms with E-state index in [-0.39, 0.29) is 11.9 Å². The summed E-state index contributed by atoms with van der Waals surface area (Å²) < 4.78 is 1.08. The largest absolute Gasteiger partial charge is 0.391 e. The zero-order chi connectivity index (χ0) is 19.5. The lowest BCUT2D eigenvalue weighted by molar-refractivity contribution is 0.0814. The van der Waals surface area contributed by atoms with Gasteiger partial charge < -0.3 is 10.4 Å². The molecular formula is C21H24N4O2S. The van der Waals surface area contributed by atoms with Gasteiger partial charge in [-0.2, -0.15) is 0 Å². The minimum Gasteiger partial charge on any atom is -0.391 e. The Morgan fingerprint density at radius 3 is 2.86 bits per heavy atom. The van der Waals surface area contributed by atoms with Crippen molar-refractivity contribution in [2.75, 3.05) is 0 Å². The van der Waals surface area contributed by atoms with Gasteiger partial charge in [0.2, 0.25) is 0 Å². The molecule has 1 fully saturated rings. The molecule has 0 aliphatic heterocycles. The summed E-state index contributed by atoms with van der Waals surface area (Å²) in [6.45, 7) is 1.86. The summed E-state index contributed by atoms with van der Waals surface area (Å²) in [5.74, 6) is 0.516. The Kier molecular flexibility index (Phi) is 5.64. The number of rotatable bonds is 4. The molecule has 0 saturated heterocycles. The van der Waals surface area contributed by atoms with Crippen molar-refractivity contribution in [3.8, 4) is 0 Å². The van der Waals surface area contributed by atoms with E-state index in [9.17, 15) is 9.90 Å². The number of aryl methyl sites for hydroxylation is 1. The van der Waals surface area contributed by atoms with Crippen LogP contribution >= 0.6 is 11.3 Å². The second-order valence-electron chi connectivity index (χ2n) is 7.40. The van der Waals surface area contributed by atoms with Crippen molar-refractivity contribution in [3.63, 3.8) is 0 Å². The number of pyridine rings is 1. The van der Waals surface area contributed by atoms with Crippen LogP contribution in [0, 0.1) is 6.92 Å². The second-order valence-corrected chi connectivity index (χ2v) is 8.32. The third kappa shape index (κ3) is 4.20. The highest BCUT2D eigenvalue weighted by atomic mass is 32.1. The molecule has 6 nitrogen and oxygen atoms in total. The number of aromatic nitrogens is 3. The summed E-state index contributed by atoms with van der Waals surface area (Å²) in [6, 6.07) is 3.59. The molecule has 146 valence electrons. The van der Waals surface area contributed by atoms with E-state index in [1.54, 1.807) is 11.3 Å². The third-order valence-corrected chi connectivity index (χ3v) is 6.22. The summed E-state index contributed by atoms with van der Waals surface area (Å²) in [6.07, 6.45) is 8.49. The lowest BCUT2D eigenvalue weighted by Crippen LogP contribution is -2.43. The molecule has 1 amide bonds. The Hall–Kier alpha value is -2.38. The van der Waals surface area contributed by atoms with Crippen LogP contribution in [0.15, 0.2) is 29.9 Å². The molecule has 0 aromatic carbocycles. The molecule has 1 aliphatic carbocycles. The van der Waals surface area contributed by atoms with Crippen LogP contribution in [0.5, 0.6) is 0 Å². The standard InChI is InChI=1S/C21H24N4O2S/c1-13-22-11-14(12-23-13)9-15-10-18(24-17-7-8-28-20(15)17)21(27)25-16-5-3-2-4-6-19(16)26/h7-8,10-12,16,19,26H,2-6,9H2,1H3,(H,25,27)/t16-,19-/m1/s1. The highest BCUT2D eigenvalue weighted by Crippen LogP contribution is 2.26. The number of fused-ring (bicyclic) bond motifs is 1. The minimum absolute atomic E-state index is 0.205. The van der Waals surface area contributed by atoms with Gasteiger partial charge in [-0.05, 0) is 48.4 Å². The maximum Gasteiger partial charge on any atom is 0.270 e. The topological polar surface area (TPSA) is 88.0 Å². The molecular weight excluding hydrogens is 372 g/mol. The molecule has 0 unspecified atom stereocenters. The van der Waals surface area contributed by atoms with E-state index in [0.29, 0.717) is 12.1 Å². The Morgan fingerprint density at radius 1 is 1.25 bits per heavy atom. The maximum absolute atomic E-state index is 12.9. The molecule has 1 aliphatic rings. The van der Waals surface area contributed by atoms with Gasteiger partial charge in [-0.3, -0.25) is 4.79 Å². The van der Waals surface area contributed by atoms with Gasteiger partial charge in [0, 0.05) is 18.8 Å². The number of hydrogen-bond acceptors (Lipinski definition) is 6. The molecule has 3 heterocycles. The Balaban J connectivity index is 1.60. The number of nitrogens with one attached hydrogen (secondary N) is 1. The van der Waals surface area contributed by atoms with Crippen molar-refractivity contribution in [2.45, 2.75) is 57.6 Å². The average molecular weight is 397 g/mol. The highest BCUT2D eigenvalue weighted by Gasteiger charge is 2.24. The maximum atomic E-state index is 12.9.